The molecule has 0 radical (unpaired) electrons. The molecular weight excluding hydrogens is 683 g/mol. The van der Waals surface area contributed by atoms with Crippen LogP contribution in [0.2, 0.25) is 0 Å². The molecule has 1 fully saturated rings. The molecule has 0 N–H and O–H groups in total. The molecule has 2 aromatic heterocycles. The largest absolute Gasteiger partial charge is 0.301 e. The first-order valence-electron chi connectivity index (χ1n) is 19.5. The van der Waals surface area contributed by atoms with Crippen molar-refractivity contribution >= 4 is 11.6 Å². The molecule has 0 spiro atoms. The van der Waals surface area contributed by atoms with Gasteiger partial charge in [0.25, 0.3) is 0 Å². The van der Waals surface area contributed by atoms with E-state index in [0.29, 0.717) is 6.54 Å². The van der Waals surface area contributed by atoms with Crippen molar-refractivity contribution in [1.29, 1.82) is 0 Å². The van der Waals surface area contributed by atoms with Crippen LogP contribution >= 0.6 is 0 Å². The molecule has 1 aliphatic heterocycles. The number of pyridine rings is 2. The molecule has 0 bridgehead atoms. The van der Waals surface area contributed by atoms with E-state index in [0.717, 1.165) is 61.6 Å². The average molecular weight is 732 g/mol. The van der Waals surface area contributed by atoms with Gasteiger partial charge in [0.05, 0.1) is 11.4 Å². The summed E-state index contributed by atoms with van der Waals surface area (Å²) in [6, 6.07) is 45.7. The Hall–Kier alpha value is -6.13. The molecule has 1 saturated heterocycles. The van der Waals surface area contributed by atoms with Gasteiger partial charge < -0.3 is 4.90 Å². The highest BCUT2D eigenvalue weighted by atomic mass is 16.2. The van der Waals surface area contributed by atoms with E-state index in [-0.39, 0.29) is 16.7 Å². The van der Waals surface area contributed by atoms with E-state index in [1.165, 1.54) is 33.4 Å². The lowest BCUT2D eigenvalue weighted by Gasteiger charge is -2.21. The second kappa shape index (κ2) is 14.2. The van der Waals surface area contributed by atoms with Crippen LogP contribution in [0.15, 0.2) is 140 Å². The third kappa shape index (κ3) is 7.83. The van der Waals surface area contributed by atoms with Crippen molar-refractivity contribution < 1.29 is 4.79 Å². The van der Waals surface area contributed by atoms with Crippen LogP contribution in [0.25, 0.3) is 67.0 Å². The summed E-state index contributed by atoms with van der Waals surface area (Å²) in [4.78, 5) is 23.8. The Bertz CT molecular complexity index is 2400. The maximum atomic E-state index is 12.3. The minimum absolute atomic E-state index is 0.0811. The van der Waals surface area contributed by atoms with Crippen LogP contribution in [0.5, 0.6) is 0 Å². The van der Waals surface area contributed by atoms with Gasteiger partial charge in [0.1, 0.15) is 6.54 Å². The highest BCUT2D eigenvalue weighted by Crippen LogP contribution is 2.37. The van der Waals surface area contributed by atoms with Crippen LogP contribution in [-0.2, 0) is 15.6 Å². The Morgan fingerprint density at radius 3 is 1.12 bits per heavy atom. The van der Waals surface area contributed by atoms with Crippen molar-refractivity contribution in [3.05, 3.63) is 162 Å². The van der Waals surface area contributed by atoms with Crippen molar-refractivity contribution in [3.8, 4) is 67.0 Å². The molecule has 4 nitrogen and oxygen atoms in total. The quantitative estimate of drug-likeness (QED) is 0.153. The predicted molar refractivity (Wildman–Crippen MR) is 234 cm³/mol. The number of benzene rings is 5. The lowest BCUT2D eigenvalue weighted by atomic mass is 9.84. The van der Waals surface area contributed by atoms with Crippen LogP contribution in [0.4, 0.5) is 5.69 Å². The second-order valence-corrected chi connectivity index (χ2v) is 17.4. The number of carbonyl (C=O) groups is 1. The summed E-state index contributed by atoms with van der Waals surface area (Å²) < 4.78 is 0. The fraction of sp³-hybridized carbons (Fsp3) is 0.212. The molecule has 8 rings (SSSR count). The van der Waals surface area contributed by atoms with Gasteiger partial charge in [-0.1, -0.05) is 150 Å². The van der Waals surface area contributed by atoms with Crippen LogP contribution in [-0.4, -0.2) is 22.4 Å². The Labute approximate surface area is 332 Å². The zero-order valence-corrected chi connectivity index (χ0v) is 33.7. The van der Waals surface area contributed by atoms with E-state index >= 15 is 0 Å². The van der Waals surface area contributed by atoms with Gasteiger partial charge in [-0.15, -0.1) is 0 Å². The first-order valence-corrected chi connectivity index (χ1v) is 19.5. The van der Waals surface area contributed by atoms with Gasteiger partial charge in [-0.05, 0) is 99.5 Å². The van der Waals surface area contributed by atoms with Crippen LogP contribution in [0.1, 0.15) is 63.8 Å². The van der Waals surface area contributed by atoms with Crippen LogP contribution in [0.3, 0.4) is 0 Å². The SMILES string of the molecule is Cc1cc(-c2ccc(-c3ccc(-c4cc(-c5ccc(-c6ccc(-c7cc(C)cc(C(C)(C)C)c7)cn6)cc5)cc(N5CC5=O)c4)cc3)nc2)cc(C(C)(C)C)c1. The summed E-state index contributed by atoms with van der Waals surface area (Å²) in [5, 5.41) is 0. The zero-order chi connectivity index (χ0) is 39.4. The molecule has 3 heterocycles. The number of aromatic nitrogens is 2. The number of carbonyl (C=O) groups excluding carboxylic acids is 1. The summed E-state index contributed by atoms with van der Waals surface area (Å²) in [6.07, 6.45) is 3.96. The van der Waals surface area contributed by atoms with Crippen molar-refractivity contribution in [2.75, 3.05) is 11.4 Å². The highest BCUT2D eigenvalue weighted by Gasteiger charge is 2.32. The van der Waals surface area contributed by atoms with E-state index in [4.69, 9.17) is 9.97 Å². The number of amides is 1. The fourth-order valence-electron chi connectivity index (χ4n) is 7.34. The summed E-state index contributed by atoms with van der Waals surface area (Å²) in [7, 11) is 0. The molecule has 4 heteroatoms. The smallest absolute Gasteiger partial charge is 0.247 e. The first-order chi connectivity index (χ1) is 26.7. The number of hydrogen-bond acceptors (Lipinski definition) is 3. The van der Waals surface area contributed by atoms with E-state index in [9.17, 15) is 4.79 Å². The molecule has 56 heavy (non-hydrogen) atoms. The van der Waals surface area contributed by atoms with E-state index in [1.54, 1.807) is 0 Å². The van der Waals surface area contributed by atoms with Gasteiger partial charge in [-0.25, -0.2) is 0 Å². The number of nitrogens with zero attached hydrogens (tertiary/aromatic N) is 3. The van der Waals surface area contributed by atoms with Crippen molar-refractivity contribution in [3.63, 3.8) is 0 Å². The first kappa shape index (κ1) is 36.8. The highest BCUT2D eigenvalue weighted by molar-refractivity contribution is 6.12. The van der Waals surface area contributed by atoms with Gasteiger partial charge in [0.2, 0.25) is 5.91 Å². The number of rotatable bonds is 7. The minimum atomic E-state index is 0.0811. The van der Waals surface area contributed by atoms with E-state index in [2.05, 4.69) is 183 Å². The fourth-order valence-corrected chi connectivity index (χ4v) is 7.34. The van der Waals surface area contributed by atoms with Crippen LogP contribution < -0.4 is 4.90 Å². The maximum absolute atomic E-state index is 12.3. The standard InChI is InChI=1S/C52H49N3O/c1-33-21-41(26-45(23-33)51(3,4)5)39-17-19-48(53-30-39)37-13-9-35(10-14-37)43-25-44(29-47(28-43)55-32-50(55)56)36-11-15-38(16-12-36)49-20-18-40(31-54-49)42-22-34(2)24-46(27-42)52(6,7)8/h9-31H,32H2,1-8H3. The number of aryl methyl sites for hydroxylation is 2. The summed E-state index contributed by atoms with van der Waals surface area (Å²) in [5.74, 6) is 0.142. The maximum Gasteiger partial charge on any atom is 0.247 e. The molecular formula is C52H49N3O. The normalized spacial score (nSPS) is 12.9. The number of anilines is 1. The lowest BCUT2D eigenvalue weighted by molar-refractivity contribution is -0.109. The molecule has 1 amide bonds. The predicted octanol–water partition coefficient (Wildman–Crippen LogP) is 13.0. The van der Waals surface area contributed by atoms with E-state index < -0.39 is 0 Å². The van der Waals surface area contributed by atoms with Gasteiger partial charge in [-0.3, -0.25) is 14.8 Å². The molecule has 7 aromatic rings. The Morgan fingerprint density at radius 1 is 0.429 bits per heavy atom. The Morgan fingerprint density at radius 2 is 0.786 bits per heavy atom. The summed E-state index contributed by atoms with van der Waals surface area (Å²) in [5.41, 5.74) is 19.1. The van der Waals surface area contributed by atoms with Gasteiger partial charge >= 0.3 is 0 Å². The van der Waals surface area contributed by atoms with Crippen molar-refractivity contribution in [1.82, 2.24) is 9.97 Å². The topological polar surface area (TPSA) is 45.9 Å². The molecule has 0 atom stereocenters. The summed E-state index contributed by atoms with van der Waals surface area (Å²) >= 11 is 0. The van der Waals surface area contributed by atoms with Gasteiger partial charge in [0.15, 0.2) is 0 Å². The van der Waals surface area contributed by atoms with E-state index in [1.807, 2.05) is 17.3 Å². The molecule has 0 saturated carbocycles. The molecule has 0 unspecified atom stereocenters. The van der Waals surface area contributed by atoms with Crippen LogP contribution in [0, 0.1) is 13.8 Å². The van der Waals surface area contributed by atoms with Gasteiger partial charge in [0, 0.05) is 40.3 Å². The monoisotopic (exact) mass is 731 g/mol. The summed E-state index contributed by atoms with van der Waals surface area (Å²) in [6.45, 7) is 18.3. The third-order valence-electron chi connectivity index (χ3n) is 10.8. The van der Waals surface area contributed by atoms with Crippen molar-refractivity contribution in [2.24, 2.45) is 0 Å². The Balaban J connectivity index is 1.03. The second-order valence-electron chi connectivity index (χ2n) is 17.4. The minimum Gasteiger partial charge on any atom is -0.301 e. The number of hydrogen-bond donors (Lipinski definition) is 0. The molecule has 0 aliphatic carbocycles. The third-order valence-corrected chi connectivity index (χ3v) is 10.8. The molecule has 1 aliphatic rings. The molecule has 278 valence electrons. The Kier molecular flexibility index (Phi) is 9.32. The zero-order valence-electron chi connectivity index (χ0n) is 33.7. The van der Waals surface area contributed by atoms with Crippen molar-refractivity contribution in [2.45, 2.75) is 66.2 Å². The lowest BCUT2D eigenvalue weighted by Crippen LogP contribution is -2.11. The van der Waals surface area contributed by atoms with Gasteiger partial charge in [-0.2, -0.15) is 0 Å². The molecule has 5 aromatic carbocycles. The average Bonchev–Trinajstić information content (AvgIpc) is 3.93.